The lowest BCUT2D eigenvalue weighted by molar-refractivity contribution is 0.473. The minimum atomic E-state index is -3.70. The molecule has 4 nitrogen and oxygen atoms in total. The third-order valence-electron chi connectivity index (χ3n) is 2.56. The number of aryl methyl sites for hydroxylation is 1. The molecule has 0 heterocycles. The van der Waals surface area contributed by atoms with Gasteiger partial charge in [0, 0.05) is 10.5 Å². The summed E-state index contributed by atoms with van der Waals surface area (Å²) in [5.74, 6) is -0.0876. The van der Waals surface area contributed by atoms with Gasteiger partial charge in [0.1, 0.15) is 5.75 Å². The van der Waals surface area contributed by atoms with Crippen molar-refractivity contribution in [1.82, 2.24) is 0 Å². The van der Waals surface area contributed by atoms with Crippen molar-refractivity contribution in [3.8, 4) is 5.75 Å². The van der Waals surface area contributed by atoms with Gasteiger partial charge in [-0.25, -0.2) is 8.42 Å². The molecule has 0 radical (unpaired) electrons. The molecule has 2 aromatic carbocycles. The molecule has 0 atom stereocenters. The third kappa shape index (κ3) is 3.27. The van der Waals surface area contributed by atoms with E-state index in [1.165, 1.54) is 24.3 Å². The van der Waals surface area contributed by atoms with E-state index in [1.807, 2.05) is 13.0 Å². The summed E-state index contributed by atoms with van der Waals surface area (Å²) in [6.45, 7) is 1.81. The van der Waals surface area contributed by atoms with E-state index in [0.29, 0.717) is 5.69 Å². The number of halogens is 1. The highest BCUT2D eigenvalue weighted by atomic mass is 79.9. The minimum Gasteiger partial charge on any atom is -0.508 e. The fourth-order valence-corrected chi connectivity index (χ4v) is 3.24. The molecule has 0 saturated heterocycles. The van der Waals surface area contributed by atoms with Crippen LogP contribution in [-0.2, 0) is 10.0 Å². The van der Waals surface area contributed by atoms with Crippen LogP contribution in [0.3, 0.4) is 0 Å². The van der Waals surface area contributed by atoms with Crippen LogP contribution < -0.4 is 4.72 Å². The molecule has 0 aliphatic rings. The van der Waals surface area contributed by atoms with Gasteiger partial charge in [0.2, 0.25) is 0 Å². The molecule has 2 aromatic rings. The average Bonchev–Trinajstić information content (AvgIpc) is 2.33. The molecule has 0 amide bonds. The normalized spacial score (nSPS) is 11.3. The maximum Gasteiger partial charge on any atom is 0.262 e. The van der Waals surface area contributed by atoms with Gasteiger partial charge in [-0.2, -0.15) is 0 Å². The first kappa shape index (κ1) is 13.9. The second kappa shape index (κ2) is 5.22. The number of aromatic hydroxyl groups is 1. The Balaban J connectivity index is 2.36. The summed E-state index contributed by atoms with van der Waals surface area (Å²) in [6, 6.07) is 10.8. The number of rotatable bonds is 3. The average molecular weight is 342 g/mol. The molecule has 0 aliphatic carbocycles. The standard InChI is InChI=1S/C13H12BrNO3S/c1-9-7-10(14)5-6-13(9)15-19(17,18)12-4-2-3-11(16)8-12/h2-8,15-16H,1H3. The van der Waals surface area contributed by atoms with Crippen molar-refractivity contribution in [2.24, 2.45) is 0 Å². The van der Waals surface area contributed by atoms with Gasteiger partial charge in [-0.15, -0.1) is 0 Å². The minimum absolute atomic E-state index is 0.0230. The monoisotopic (exact) mass is 341 g/mol. The number of phenols is 1. The fourth-order valence-electron chi connectivity index (χ4n) is 1.60. The van der Waals surface area contributed by atoms with Crippen LogP contribution in [-0.4, -0.2) is 13.5 Å². The first-order valence-corrected chi connectivity index (χ1v) is 7.74. The fraction of sp³-hybridized carbons (Fsp3) is 0.0769. The lowest BCUT2D eigenvalue weighted by Crippen LogP contribution is -2.13. The van der Waals surface area contributed by atoms with E-state index in [0.717, 1.165) is 10.0 Å². The van der Waals surface area contributed by atoms with Crippen LogP contribution in [0.4, 0.5) is 5.69 Å². The smallest absolute Gasteiger partial charge is 0.262 e. The molecule has 0 aliphatic heterocycles. The molecule has 100 valence electrons. The van der Waals surface area contributed by atoms with E-state index >= 15 is 0 Å². The number of phenolic OH excluding ortho intramolecular Hbond substituents is 1. The molecule has 19 heavy (non-hydrogen) atoms. The Kier molecular flexibility index (Phi) is 3.82. The van der Waals surface area contributed by atoms with Crippen molar-refractivity contribution in [2.45, 2.75) is 11.8 Å². The van der Waals surface area contributed by atoms with Crippen LogP contribution in [0.15, 0.2) is 51.8 Å². The molecule has 0 aromatic heterocycles. The predicted octanol–water partition coefficient (Wildman–Crippen LogP) is 3.26. The summed E-state index contributed by atoms with van der Waals surface area (Å²) in [7, 11) is -3.70. The Bertz CT molecular complexity index is 714. The van der Waals surface area contributed by atoms with Gasteiger partial charge < -0.3 is 5.11 Å². The van der Waals surface area contributed by atoms with Crippen molar-refractivity contribution < 1.29 is 13.5 Å². The van der Waals surface area contributed by atoms with Crippen LogP contribution in [0, 0.1) is 6.92 Å². The van der Waals surface area contributed by atoms with E-state index in [9.17, 15) is 13.5 Å². The number of sulfonamides is 1. The van der Waals surface area contributed by atoms with Gasteiger partial charge in [-0.1, -0.05) is 22.0 Å². The number of anilines is 1. The highest BCUT2D eigenvalue weighted by Crippen LogP contribution is 2.24. The molecule has 6 heteroatoms. The van der Waals surface area contributed by atoms with Gasteiger partial charge in [0.15, 0.2) is 0 Å². The third-order valence-corrected chi connectivity index (χ3v) is 4.42. The zero-order chi connectivity index (χ0) is 14.0. The summed E-state index contributed by atoms with van der Waals surface area (Å²) in [6.07, 6.45) is 0. The molecule has 0 bridgehead atoms. The van der Waals surface area contributed by atoms with Gasteiger partial charge in [-0.05, 0) is 42.8 Å². The predicted molar refractivity (Wildman–Crippen MR) is 77.8 cm³/mol. The lowest BCUT2D eigenvalue weighted by atomic mass is 10.2. The Labute approximate surface area is 120 Å². The number of hydrogen-bond acceptors (Lipinski definition) is 3. The first-order valence-electron chi connectivity index (χ1n) is 5.46. The van der Waals surface area contributed by atoms with E-state index in [4.69, 9.17) is 0 Å². The molecular weight excluding hydrogens is 330 g/mol. The molecule has 2 N–H and O–H groups in total. The quantitative estimate of drug-likeness (QED) is 0.900. The highest BCUT2D eigenvalue weighted by molar-refractivity contribution is 9.10. The maximum atomic E-state index is 12.2. The topological polar surface area (TPSA) is 66.4 Å². The summed E-state index contributed by atoms with van der Waals surface area (Å²) in [5.41, 5.74) is 1.31. The van der Waals surface area contributed by atoms with Crippen LogP contribution >= 0.6 is 15.9 Å². The Hall–Kier alpha value is -1.53. The van der Waals surface area contributed by atoms with Gasteiger partial charge in [0.25, 0.3) is 10.0 Å². The molecule has 0 spiro atoms. The molecule has 0 saturated carbocycles. The summed E-state index contributed by atoms with van der Waals surface area (Å²) >= 11 is 3.32. The van der Waals surface area contributed by atoms with Crippen molar-refractivity contribution in [2.75, 3.05) is 4.72 Å². The highest BCUT2D eigenvalue weighted by Gasteiger charge is 2.15. The maximum absolute atomic E-state index is 12.2. The Morgan fingerprint density at radius 1 is 1.16 bits per heavy atom. The summed E-state index contributed by atoms with van der Waals surface area (Å²) < 4.78 is 27.7. The SMILES string of the molecule is Cc1cc(Br)ccc1NS(=O)(=O)c1cccc(O)c1. The van der Waals surface area contributed by atoms with E-state index in [2.05, 4.69) is 20.7 Å². The van der Waals surface area contributed by atoms with E-state index in [1.54, 1.807) is 12.1 Å². The summed E-state index contributed by atoms with van der Waals surface area (Å²) in [5, 5.41) is 9.34. The second-order valence-corrected chi connectivity index (χ2v) is 6.66. The Morgan fingerprint density at radius 3 is 2.53 bits per heavy atom. The summed E-state index contributed by atoms with van der Waals surface area (Å²) in [4.78, 5) is 0.0230. The van der Waals surface area contributed by atoms with E-state index in [-0.39, 0.29) is 10.6 Å². The van der Waals surface area contributed by atoms with Gasteiger partial charge in [-0.3, -0.25) is 4.72 Å². The lowest BCUT2D eigenvalue weighted by Gasteiger charge is -2.11. The van der Waals surface area contributed by atoms with Crippen molar-refractivity contribution in [1.29, 1.82) is 0 Å². The van der Waals surface area contributed by atoms with E-state index < -0.39 is 10.0 Å². The molecule has 2 rings (SSSR count). The molecule has 0 fully saturated rings. The zero-order valence-electron chi connectivity index (χ0n) is 10.1. The Morgan fingerprint density at radius 2 is 1.89 bits per heavy atom. The second-order valence-electron chi connectivity index (χ2n) is 4.06. The number of hydrogen-bond donors (Lipinski definition) is 2. The van der Waals surface area contributed by atoms with Crippen LogP contribution in [0.25, 0.3) is 0 Å². The number of nitrogens with one attached hydrogen (secondary N) is 1. The van der Waals surface area contributed by atoms with Crippen molar-refractivity contribution in [3.63, 3.8) is 0 Å². The van der Waals surface area contributed by atoms with Gasteiger partial charge in [0.05, 0.1) is 10.6 Å². The zero-order valence-corrected chi connectivity index (χ0v) is 12.5. The molecular formula is C13H12BrNO3S. The number of benzene rings is 2. The largest absolute Gasteiger partial charge is 0.508 e. The first-order chi connectivity index (χ1) is 8.88. The van der Waals surface area contributed by atoms with Crippen LogP contribution in [0.1, 0.15) is 5.56 Å². The van der Waals surface area contributed by atoms with Gasteiger partial charge >= 0.3 is 0 Å². The van der Waals surface area contributed by atoms with Crippen LogP contribution in [0.2, 0.25) is 0 Å². The van der Waals surface area contributed by atoms with Crippen LogP contribution in [0.5, 0.6) is 5.75 Å². The van der Waals surface area contributed by atoms with Crippen molar-refractivity contribution in [3.05, 3.63) is 52.5 Å². The van der Waals surface area contributed by atoms with Crippen molar-refractivity contribution >= 4 is 31.6 Å². The molecule has 0 unspecified atom stereocenters.